The molecular formula is C21H18N2O5. The van der Waals surface area contributed by atoms with E-state index in [2.05, 4.69) is 10.3 Å². The van der Waals surface area contributed by atoms with Crippen LogP contribution in [0.2, 0.25) is 0 Å². The van der Waals surface area contributed by atoms with E-state index in [9.17, 15) is 9.59 Å². The van der Waals surface area contributed by atoms with Gasteiger partial charge in [0.1, 0.15) is 0 Å². The second kappa shape index (κ2) is 7.56. The van der Waals surface area contributed by atoms with E-state index in [1.807, 2.05) is 18.2 Å². The average Bonchev–Trinajstić information content (AvgIpc) is 2.89. The van der Waals surface area contributed by atoms with Gasteiger partial charge in [0.25, 0.3) is 0 Å². The summed E-state index contributed by atoms with van der Waals surface area (Å²) < 4.78 is 16.8. The number of para-hydroxylation sites is 1. The Labute approximate surface area is 161 Å². The van der Waals surface area contributed by atoms with Crippen LogP contribution in [0, 0.1) is 0 Å². The number of benzene rings is 2. The van der Waals surface area contributed by atoms with Crippen LogP contribution < -0.4 is 14.8 Å². The van der Waals surface area contributed by atoms with Crippen molar-refractivity contribution in [3.05, 3.63) is 59.3 Å². The number of aliphatic imine (C=N–C) groups is 1. The van der Waals surface area contributed by atoms with Gasteiger partial charge in [-0.05, 0) is 36.4 Å². The lowest BCUT2D eigenvalue weighted by molar-refractivity contribution is -0.129. The predicted octanol–water partition coefficient (Wildman–Crippen LogP) is 3.15. The number of amides is 1. The largest absolute Gasteiger partial charge is 0.490 e. The Kier molecular flexibility index (Phi) is 4.80. The number of anilines is 1. The molecule has 0 aromatic heterocycles. The summed E-state index contributed by atoms with van der Waals surface area (Å²) in [6.07, 6.45) is 2.43. The Morgan fingerprint density at radius 1 is 1.11 bits per heavy atom. The van der Waals surface area contributed by atoms with Gasteiger partial charge in [-0.2, -0.15) is 0 Å². The third-order valence-corrected chi connectivity index (χ3v) is 4.17. The van der Waals surface area contributed by atoms with Crippen molar-refractivity contribution in [2.45, 2.75) is 13.3 Å². The van der Waals surface area contributed by atoms with Crippen LogP contribution in [0.1, 0.15) is 24.5 Å². The maximum atomic E-state index is 12.3. The molecule has 0 unspecified atom stereocenters. The van der Waals surface area contributed by atoms with Crippen molar-refractivity contribution in [2.24, 2.45) is 4.99 Å². The summed E-state index contributed by atoms with van der Waals surface area (Å²) in [6.45, 7) is 2.57. The fraction of sp³-hybridized carbons (Fsp3) is 0.190. The smallest absolute Gasteiger partial charge is 0.363 e. The SMILES string of the molecule is CC(=O)Nc1ccc(C2=N/C(=C\c3cccc4c3OCCCO4)C(=O)O2)cc1. The molecule has 0 saturated carbocycles. The van der Waals surface area contributed by atoms with Gasteiger partial charge in [0.15, 0.2) is 17.2 Å². The molecule has 2 aliphatic rings. The third kappa shape index (κ3) is 3.73. The number of hydrogen-bond donors (Lipinski definition) is 1. The van der Waals surface area contributed by atoms with Crippen LogP contribution in [0.4, 0.5) is 5.69 Å². The molecule has 0 aliphatic carbocycles. The summed E-state index contributed by atoms with van der Waals surface area (Å²) in [4.78, 5) is 27.7. The Balaban J connectivity index is 1.62. The second-order valence-corrected chi connectivity index (χ2v) is 6.32. The number of ether oxygens (including phenoxy) is 3. The summed E-state index contributed by atoms with van der Waals surface area (Å²) in [5, 5.41) is 2.68. The van der Waals surface area contributed by atoms with E-state index >= 15 is 0 Å². The first kappa shape index (κ1) is 17.8. The van der Waals surface area contributed by atoms with Gasteiger partial charge in [0.2, 0.25) is 11.8 Å². The molecule has 142 valence electrons. The molecule has 1 N–H and O–H groups in total. The molecule has 0 fully saturated rings. The third-order valence-electron chi connectivity index (χ3n) is 4.17. The van der Waals surface area contributed by atoms with Crippen molar-refractivity contribution in [1.82, 2.24) is 0 Å². The molecule has 0 bridgehead atoms. The first-order valence-electron chi connectivity index (χ1n) is 8.89. The molecule has 7 heteroatoms. The summed E-state index contributed by atoms with van der Waals surface area (Å²) in [6, 6.07) is 12.4. The van der Waals surface area contributed by atoms with E-state index in [4.69, 9.17) is 14.2 Å². The highest BCUT2D eigenvalue weighted by Gasteiger charge is 2.25. The molecule has 1 amide bonds. The summed E-state index contributed by atoms with van der Waals surface area (Å²) >= 11 is 0. The Morgan fingerprint density at radius 3 is 2.68 bits per heavy atom. The maximum Gasteiger partial charge on any atom is 0.363 e. The first-order chi connectivity index (χ1) is 13.6. The number of fused-ring (bicyclic) bond motifs is 1. The van der Waals surface area contributed by atoms with E-state index in [-0.39, 0.29) is 17.5 Å². The van der Waals surface area contributed by atoms with Crippen molar-refractivity contribution >= 4 is 29.5 Å². The molecule has 2 aromatic rings. The van der Waals surface area contributed by atoms with Crippen LogP contribution in [0.3, 0.4) is 0 Å². The first-order valence-corrected chi connectivity index (χ1v) is 8.89. The van der Waals surface area contributed by atoms with Gasteiger partial charge in [0, 0.05) is 30.2 Å². The maximum absolute atomic E-state index is 12.3. The van der Waals surface area contributed by atoms with E-state index in [0.717, 1.165) is 6.42 Å². The minimum Gasteiger partial charge on any atom is -0.490 e. The molecule has 2 aromatic carbocycles. The van der Waals surface area contributed by atoms with Crippen LogP contribution >= 0.6 is 0 Å². The molecule has 28 heavy (non-hydrogen) atoms. The zero-order valence-electron chi connectivity index (χ0n) is 15.2. The zero-order chi connectivity index (χ0) is 19.5. The number of cyclic esters (lactones) is 1. The monoisotopic (exact) mass is 378 g/mol. The highest BCUT2D eigenvalue weighted by atomic mass is 16.6. The summed E-state index contributed by atoms with van der Waals surface area (Å²) in [5.74, 6) is 0.772. The van der Waals surface area contributed by atoms with Gasteiger partial charge >= 0.3 is 5.97 Å². The molecule has 2 heterocycles. The lowest BCUT2D eigenvalue weighted by Crippen LogP contribution is -2.07. The second-order valence-electron chi connectivity index (χ2n) is 6.32. The number of esters is 1. The van der Waals surface area contributed by atoms with Crippen molar-refractivity contribution in [1.29, 1.82) is 0 Å². The molecule has 0 saturated heterocycles. The van der Waals surface area contributed by atoms with Crippen LogP contribution in [0.5, 0.6) is 11.5 Å². The van der Waals surface area contributed by atoms with Gasteiger partial charge < -0.3 is 19.5 Å². The van der Waals surface area contributed by atoms with Gasteiger partial charge in [-0.15, -0.1) is 0 Å². The molecule has 0 spiro atoms. The number of carbonyl (C=O) groups excluding carboxylic acids is 2. The van der Waals surface area contributed by atoms with Gasteiger partial charge in [-0.25, -0.2) is 9.79 Å². The molecule has 2 aliphatic heterocycles. The van der Waals surface area contributed by atoms with Gasteiger partial charge in [-0.1, -0.05) is 12.1 Å². The Bertz CT molecular complexity index is 992. The molecule has 0 atom stereocenters. The van der Waals surface area contributed by atoms with Crippen LogP contribution in [-0.2, 0) is 14.3 Å². The Morgan fingerprint density at radius 2 is 1.89 bits per heavy atom. The highest BCUT2D eigenvalue weighted by Crippen LogP contribution is 2.35. The summed E-state index contributed by atoms with van der Waals surface area (Å²) in [7, 11) is 0. The van der Waals surface area contributed by atoms with Crippen molar-refractivity contribution < 1.29 is 23.8 Å². The number of hydrogen-bond acceptors (Lipinski definition) is 6. The minimum absolute atomic E-state index is 0.157. The summed E-state index contributed by atoms with van der Waals surface area (Å²) in [5.41, 5.74) is 2.18. The van der Waals surface area contributed by atoms with Crippen molar-refractivity contribution in [3.63, 3.8) is 0 Å². The fourth-order valence-electron chi connectivity index (χ4n) is 2.91. The van der Waals surface area contributed by atoms with E-state index in [1.54, 1.807) is 30.3 Å². The number of nitrogens with one attached hydrogen (secondary N) is 1. The van der Waals surface area contributed by atoms with E-state index in [1.165, 1.54) is 6.92 Å². The fourth-order valence-corrected chi connectivity index (χ4v) is 2.91. The molecule has 4 rings (SSSR count). The topological polar surface area (TPSA) is 86.2 Å². The molecule has 0 radical (unpaired) electrons. The average molecular weight is 378 g/mol. The zero-order valence-corrected chi connectivity index (χ0v) is 15.2. The molecule has 7 nitrogen and oxygen atoms in total. The van der Waals surface area contributed by atoms with Crippen LogP contribution in [0.15, 0.2) is 53.2 Å². The minimum atomic E-state index is -0.534. The van der Waals surface area contributed by atoms with Gasteiger partial charge in [0.05, 0.1) is 13.2 Å². The lowest BCUT2D eigenvalue weighted by Gasteiger charge is -2.09. The van der Waals surface area contributed by atoms with Crippen molar-refractivity contribution in [2.75, 3.05) is 18.5 Å². The number of nitrogens with zero attached hydrogens (tertiary/aromatic N) is 1. The Hall–Kier alpha value is -3.61. The van der Waals surface area contributed by atoms with E-state index in [0.29, 0.717) is 41.5 Å². The van der Waals surface area contributed by atoms with Crippen molar-refractivity contribution in [3.8, 4) is 11.5 Å². The quantitative estimate of drug-likeness (QED) is 0.655. The highest BCUT2D eigenvalue weighted by molar-refractivity contribution is 6.13. The van der Waals surface area contributed by atoms with Gasteiger partial charge in [-0.3, -0.25) is 4.79 Å². The van der Waals surface area contributed by atoms with Crippen LogP contribution in [0.25, 0.3) is 6.08 Å². The lowest BCUT2D eigenvalue weighted by atomic mass is 10.1. The number of rotatable bonds is 3. The predicted molar refractivity (Wildman–Crippen MR) is 103 cm³/mol. The normalized spacial score (nSPS) is 17.0. The number of carbonyl (C=O) groups is 2. The standard InChI is InChI=1S/C21H18N2O5/c1-13(24)22-16-8-6-14(7-9-16)20-23-17(21(25)28-20)12-15-4-2-5-18-19(15)27-11-3-10-26-18/h2,4-9,12H,3,10-11H2,1H3,(H,22,24)/b17-12-. The van der Waals surface area contributed by atoms with Crippen LogP contribution in [-0.4, -0.2) is 31.0 Å². The van der Waals surface area contributed by atoms with E-state index < -0.39 is 5.97 Å². The molecular weight excluding hydrogens is 360 g/mol.